The van der Waals surface area contributed by atoms with Crippen LogP contribution in [0.3, 0.4) is 0 Å². The number of amides is 1. The van der Waals surface area contributed by atoms with Gasteiger partial charge in [0.2, 0.25) is 0 Å². The maximum absolute atomic E-state index is 12.5. The molecular formula is C28H35NO4Si. The average molecular weight is 478 g/mol. The van der Waals surface area contributed by atoms with Crippen LogP contribution < -0.4 is 15.7 Å². The molecule has 0 heterocycles. The Morgan fingerprint density at radius 3 is 1.79 bits per heavy atom. The molecule has 0 fully saturated rings. The Balaban J connectivity index is 1.83. The molecule has 0 bridgehead atoms. The van der Waals surface area contributed by atoms with Crippen molar-refractivity contribution < 1.29 is 19.1 Å². The van der Waals surface area contributed by atoms with Gasteiger partial charge in [-0.05, 0) is 27.9 Å². The van der Waals surface area contributed by atoms with Crippen LogP contribution in [0.4, 0.5) is 4.79 Å². The van der Waals surface area contributed by atoms with E-state index in [-0.39, 0.29) is 18.3 Å². The van der Waals surface area contributed by atoms with Crippen molar-refractivity contribution in [1.29, 1.82) is 0 Å². The fraction of sp³-hybridized carbons (Fsp3) is 0.321. The van der Waals surface area contributed by atoms with Gasteiger partial charge in [0.05, 0.1) is 18.8 Å². The number of nitrogens with one attached hydrogen (secondary N) is 1. The summed E-state index contributed by atoms with van der Waals surface area (Å²) in [4.78, 5) is 12.5. The lowest BCUT2D eigenvalue weighted by Crippen LogP contribution is -2.67. The topological polar surface area (TPSA) is 67.8 Å². The number of hydrogen-bond donors (Lipinski definition) is 2. The van der Waals surface area contributed by atoms with Crippen molar-refractivity contribution in [3.8, 4) is 0 Å². The van der Waals surface area contributed by atoms with Crippen molar-refractivity contribution in [3.63, 3.8) is 0 Å². The van der Waals surface area contributed by atoms with Crippen molar-refractivity contribution in [2.24, 2.45) is 0 Å². The lowest BCUT2D eigenvalue weighted by Gasteiger charge is -2.44. The minimum absolute atomic E-state index is 0.158. The molecule has 6 heteroatoms. The molecule has 1 amide bonds. The fourth-order valence-electron chi connectivity index (χ4n) is 4.19. The Morgan fingerprint density at radius 1 is 0.882 bits per heavy atom. The highest BCUT2D eigenvalue weighted by molar-refractivity contribution is 6.99. The second-order valence-electron chi connectivity index (χ2n) is 9.53. The van der Waals surface area contributed by atoms with E-state index in [1.165, 1.54) is 0 Å². The molecule has 180 valence electrons. The standard InChI is InChI=1S/C28H35NO4Si/c1-22(30)26(29-27(31)32-20-23-14-8-5-9-15-23)21-33-34(28(2,3)4,24-16-10-6-11-17-24)25-18-12-7-13-19-25/h5-19,22,26,30H,20-21H2,1-4H3,(H,29,31). The summed E-state index contributed by atoms with van der Waals surface area (Å²) in [6.45, 7) is 8.55. The van der Waals surface area contributed by atoms with Gasteiger partial charge in [-0.1, -0.05) is 112 Å². The molecule has 5 nitrogen and oxygen atoms in total. The van der Waals surface area contributed by atoms with Gasteiger partial charge in [0.25, 0.3) is 8.32 Å². The third-order valence-corrected chi connectivity index (χ3v) is 11.0. The first-order valence-corrected chi connectivity index (χ1v) is 13.5. The van der Waals surface area contributed by atoms with Crippen LogP contribution in [0.15, 0.2) is 91.0 Å². The molecule has 0 saturated carbocycles. The predicted molar refractivity (Wildman–Crippen MR) is 139 cm³/mol. The van der Waals surface area contributed by atoms with Crippen molar-refractivity contribution >= 4 is 24.8 Å². The van der Waals surface area contributed by atoms with E-state index in [4.69, 9.17) is 9.16 Å². The Bertz CT molecular complexity index is 981. The summed E-state index contributed by atoms with van der Waals surface area (Å²) in [5.41, 5.74) is 0.898. The monoisotopic (exact) mass is 477 g/mol. The van der Waals surface area contributed by atoms with E-state index in [0.29, 0.717) is 0 Å². The van der Waals surface area contributed by atoms with Crippen molar-refractivity contribution in [2.45, 2.75) is 51.5 Å². The summed E-state index contributed by atoms with van der Waals surface area (Å²) in [6, 6.07) is 29.4. The molecule has 3 rings (SSSR count). The predicted octanol–water partition coefficient (Wildman–Crippen LogP) is 4.24. The third kappa shape index (κ3) is 6.14. The van der Waals surface area contributed by atoms with E-state index in [9.17, 15) is 9.90 Å². The number of carbonyl (C=O) groups is 1. The number of alkyl carbamates (subject to hydrolysis) is 1. The average Bonchev–Trinajstić information content (AvgIpc) is 2.83. The van der Waals surface area contributed by atoms with Crippen LogP contribution >= 0.6 is 0 Å². The molecule has 0 aliphatic heterocycles. The van der Waals surface area contributed by atoms with Crippen LogP contribution in [-0.4, -0.2) is 38.3 Å². The van der Waals surface area contributed by atoms with Crippen LogP contribution in [0.1, 0.15) is 33.3 Å². The minimum atomic E-state index is -2.78. The van der Waals surface area contributed by atoms with E-state index in [2.05, 4.69) is 50.4 Å². The van der Waals surface area contributed by atoms with Gasteiger partial charge >= 0.3 is 6.09 Å². The van der Waals surface area contributed by atoms with Crippen molar-refractivity contribution in [2.75, 3.05) is 6.61 Å². The molecule has 0 aromatic heterocycles. The lowest BCUT2D eigenvalue weighted by atomic mass is 10.2. The van der Waals surface area contributed by atoms with E-state index in [0.717, 1.165) is 15.9 Å². The second-order valence-corrected chi connectivity index (χ2v) is 13.8. The Morgan fingerprint density at radius 2 is 1.35 bits per heavy atom. The number of aliphatic hydroxyl groups is 1. The van der Waals surface area contributed by atoms with Gasteiger partial charge in [-0.3, -0.25) is 0 Å². The highest BCUT2D eigenvalue weighted by Gasteiger charge is 2.50. The fourth-order valence-corrected chi connectivity index (χ4v) is 8.78. The number of ether oxygens (including phenoxy) is 1. The second kappa shape index (κ2) is 11.5. The number of aliphatic hydroxyl groups excluding tert-OH is 1. The maximum Gasteiger partial charge on any atom is 0.407 e. The molecule has 2 N–H and O–H groups in total. The van der Waals surface area contributed by atoms with E-state index in [1.807, 2.05) is 66.7 Å². The van der Waals surface area contributed by atoms with Crippen molar-refractivity contribution in [1.82, 2.24) is 5.32 Å². The maximum atomic E-state index is 12.5. The van der Waals surface area contributed by atoms with Gasteiger partial charge < -0.3 is 19.6 Å². The summed E-state index contributed by atoms with van der Waals surface area (Å²) in [6.07, 6.45) is -1.40. The molecule has 3 aromatic carbocycles. The first-order valence-electron chi connectivity index (χ1n) is 11.6. The lowest BCUT2D eigenvalue weighted by molar-refractivity contribution is 0.0888. The number of hydrogen-bond acceptors (Lipinski definition) is 4. The first kappa shape index (κ1) is 25.7. The van der Waals surface area contributed by atoms with E-state index >= 15 is 0 Å². The van der Waals surface area contributed by atoms with Crippen LogP contribution in [0.25, 0.3) is 0 Å². The van der Waals surface area contributed by atoms with Crippen LogP contribution in [0.5, 0.6) is 0 Å². The van der Waals surface area contributed by atoms with E-state index < -0.39 is 26.6 Å². The summed E-state index contributed by atoms with van der Waals surface area (Å²) >= 11 is 0. The molecule has 34 heavy (non-hydrogen) atoms. The molecule has 2 unspecified atom stereocenters. The summed E-state index contributed by atoms with van der Waals surface area (Å²) in [7, 11) is -2.78. The number of rotatable bonds is 9. The van der Waals surface area contributed by atoms with Gasteiger partial charge in [-0.25, -0.2) is 4.79 Å². The molecule has 0 saturated heterocycles. The Labute approximate surface area is 203 Å². The molecule has 0 aliphatic rings. The van der Waals surface area contributed by atoms with Gasteiger partial charge in [0.15, 0.2) is 0 Å². The smallest absolute Gasteiger partial charge is 0.407 e. The van der Waals surface area contributed by atoms with Crippen molar-refractivity contribution in [3.05, 3.63) is 96.6 Å². The highest BCUT2D eigenvalue weighted by atomic mass is 28.4. The normalized spacial score (nSPS) is 13.7. The first-order chi connectivity index (χ1) is 16.2. The Hall–Kier alpha value is -2.93. The Kier molecular flexibility index (Phi) is 8.66. The number of carbonyl (C=O) groups excluding carboxylic acids is 1. The highest BCUT2D eigenvalue weighted by Crippen LogP contribution is 2.36. The molecule has 0 radical (unpaired) electrons. The minimum Gasteiger partial charge on any atom is -0.445 e. The quantitative estimate of drug-likeness (QED) is 0.453. The molecule has 2 atom stereocenters. The molecular weight excluding hydrogens is 442 g/mol. The summed E-state index contributed by atoms with van der Waals surface area (Å²) < 4.78 is 12.2. The summed E-state index contributed by atoms with van der Waals surface area (Å²) in [5.74, 6) is 0. The van der Waals surface area contributed by atoms with Gasteiger partial charge in [0.1, 0.15) is 6.61 Å². The van der Waals surface area contributed by atoms with E-state index in [1.54, 1.807) is 6.92 Å². The zero-order chi connectivity index (χ0) is 24.6. The number of benzene rings is 3. The molecule has 3 aromatic rings. The SMILES string of the molecule is CC(O)C(CO[Si](c1ccccc1)(c1ccccc1)C(C)(C)C)NC(=O)OCc1ccccc1. The largest absolute Gasteiger partial charge is 0.445 e. The third-order valence-electron chi connectivity index (χ3n) is 5.99. The zero-order valence-corrected chi connectivity index (χ0v) is 21.4. The van der Waals surface area contributed by atoms with Gasteiger partial charge in [-0.15, -0.1) is 0 Å². The van der Waals surface area contributed by atoms with Crippen LogP contribution in [-0.2, 0) is 15.8 Å². The van der Waals surface area contributed by atoms with Gasteiger partial charge in [-0.2, -0.15) is 0 Å². The van der Waals surface area contributed by atoms with Gasteiger partial charge in [0, 0.05) is 0 Å². The van der Waals surface area contributed by atoms with Crippen LogP contribution in [0, 0.1) is 0 Å². The summed E-state index contributed by atoms with van der Waals surface area (Å²) in [5, 5.41) is 15.3. The molecule has 0 spiro atoms. The molecule has 0 aliphatic carbocycles. The zero-order valence-electron chi connectivity index (χ0n) is 20.4. The van der Waals surface area contributed by atoms with Crippen LogP contribution in [0.2, 0.25) is 5.04 Å².